The maximum Gasteiger partial charge on any atom is 0.218 e. The van der Waals surface area contributed by atoms with Crippen LogP contribution in [-0.4, -0.2) is 31.9 Å². The van der Waals surface area contributed by atoms with Crippen LogP contribution < -0.4 is 5.73 Å². The largest absolute Gasteiger partial charge is 0.326 e. The highest BCUT2D eigenvalue weighted by atomic mass is 35.5. The van der Waals surface area contributed by atoms with Gasteiger partial charge in [0.15, 0.2) is 0 Å². The van der Waals surface area contributed by atoms with Crippen molar-refractivity contribution in [3.8, 4) is 0 Å². The fraction of sp³-hybridized carbons (Fsp3) is 0.455. The molecule has 0 radical (unpaired) electrons. The van der Waals surface area contributed by atoms with Crippen LogP contribution in [0.5, 0.6) is 0 Å². The Labute approximate surface area is 117 Å². The van der Waals surface area contributed by atoms with E-state index in [9.17, 15) is 8.42 Å². The first-order chi connectivity index (χ1) is 8.38. The number of rotatable bonds is 3. The van der Waals surface area contributed by atoms with Gasteiger partial charge < -0.3 is 5.73 Å². The standard InChI is InChI=1S/C11H14Cl2N2O2S/c12-10-2-1-8(5-11(10)13)7-18(16,17)15-4-3-9(14)6-15/h1-2,5,9H,3-4,6-7,14H2/t9-/m0/s1. The lowest BCUT2D eigenvalue weighted by Gasteiger charge is -2.16. The maximum atomic E-state index is 12.1. The molecule has 0 aromatic heterocycles. The maximum absolute atomic E-state index is 12.1. The number of nitrogens with zero attached hydrogens (tertiary/aromatic N) is 1. The van der Waals surface area contributed by atoms with E-state index in [-0.39, 0.29) is 11.8 Å². The van der Waals surface area contributed by atoms with E-state index in [1.165, 1.54) is 4.31 Å². The average molecular weight is 309 g/mol. The van der Waals surface area contributed by atoms with Crippen LogP contribution in [0.4, 0.5) is 0 Å². The van der Waals surface area contributed by atoms with E-state index in [1.54, 1.807) is 18.2 Å². The number of hydrogen-bond donors (Lipinski definition) is 1. The summed E-state index contributed by atoms with van der Waals surface area (Å²) in [6.07, 6.45) is 0.709. The minimum Gasteiger partial charge on any atom is -0.326 e. The lowest BCUT2D eigenvalue weighted by atomic mass is 10.2. The lowest BCUT2D eigenvalue weighted by molar-refractivity contribution is 0.471. The molecular formula is C11H14Cl2N2O2S. The van der Waals surface area contributed by atoms with Gasteiger partial charge in [0.1, 0.15) is 0 Å². The molecule has 4 nitrogen and oxygen atoms in total. The molecule has 1 heterocycles. The zero-order valence-electron chi connectivity index (χ0n) is 9.64. The minimum atomic E-state index is -3.32. The Bertz CT molecular complexity index is 548. The van der Waals surface area contributed by atoms with Gasteiger partial charge in [-0.15, -0.1) is 0 Å². The van der Waals surface area contributed by atoms with Crippen LogP contribution in [0, 0.1) is 0 Å². The molecule has 0 amide bonds. The molecule has 1 aliphatic heterocycles. The molecular weight excluding hydrogens is 295 g/mol. The van der Waals surface area contributed by atoms with Gasteiger partial charge in [0, 0.05) is 19.1 Å². The SMILES string of the molecule is N[C@H]1CCN(S(=O)(=O)Cc2ccc(Cl)c(Cl)c2)C1. The van der Waals surface area contributed by atoms with E-state index in [0.29, 0.717) is 35.1 Å². The van der Waals surface area contributed by atoms with Crippen molar-refractivity contribution in [2.24, 2.45) is 5.73 Å². The first-order valence-corrected chi connectivity index (χ1v) is 7.92. The first-order valence-electron chi connectivity index (χ1n) is 5.56. The molecule has 1 aliphatic rings. The molecule has 0 aliphatic carbocycles. The smallest absolute Gasteiger partial charge is 0.218 e. The van der Waals surface area contributed by atoms with Gasteiger partial charge in [-0.1, -0.05) is 29.3 Å². The van der Waals surface area contributed by atoms with Crippen molar-refractivity contribution >= 4 is 33.2 Å². The summed E-state index contributed by atoms with van der Waals surface area (Å²) in [5, 5.41) is 0.781. The second kappa shape index (κ2) is 5.35. The van der Waals surface area contributed by atoms with Crippen molar-refractivity contribution in [3.05, 3.63) is 33.8 Å². The molecule has 1 atom stereocenters. The molecule has 18 heavy (non-hydrogen) atoms. The number of hydrogen-bond acceptors (Lipinski definition) is 3. The van der Waals surface area contributed by atoms with E-state index in [4.69, 9.17) is 28.9 Å². The fourth-order valence-corrected chi connectivity index (χ4v) is 3.84. The second-order valence-corrected chi connectivity index (χ2v) is 7.19. The van der Waals surface area contributed by atoms with Crippen molar-refractivity contribution in [2.45, 2.75) is 18.2 Å². The Morgan fingerprint density at radius 2 is 2.06 bits per heavy atom. The molecule has 0 saturated carbocycles. The van der Waals surface area contributed by atoms with Crippen molar-refractivity contribution in [1.82, 2.24) is 4.31 Å². The number of nitrogens with two attached hydrogens (primary N) is 1. The van der Waals surface area contributed by atoms with Crippen LogP contribution in [0.15, 0.2) is 18.2 Å². The Hall–Kier alpha value is -0.330. The fourth-order valence-electron chi connectivity index (χ4n) is 1.94. The number of halogens is 2. The molecule has 0 unspecified atom stereocenters. The molecule has 1 aromatic rings. The third-order valence-electron chi connectivity index (χ3n) is 2.91. The third kappa shape index (κ3) is 3.16. The Morgan fingerprint density at radius 1 is 1.33 bits per heavy atom. The zero-order chi connectivity index (χ0) is 13.3. The van der Waals surface area contributed by atoms with Crippen LogP contribution in [0.25, 0.3) is 0 Å². The van der Waals surface area contributed by atoms with Crippen LogP contribution in [0.3, 0.4) is 0 Å². The van der Waals surface area contributed by atoms with Gasteiger partial charge in [0.05, 0.1) is 15.8 Å². The van der Waals surface area contributed by atoms with Gasteiger partial charge in [0.2, 0.25) is 10.0 Å². The van der Waals surface area contributed by atoms with Gasteiger partial charge in [-0.3, -0.25) is 0 Å². The van der Waals surface area contributed by atoms with Crippen molar-refractivity contribution in [1.29, 1.82) is 0 Å². The van der Waals surface area contributed by atoms with Crippen molar-refractivity contribution in [3.63, 3.8) is 0 Å². The van der Waals surface area contributed by atoms with Crippen LogP contribution in [-0.2, 0) is 15.8 Å². The first kappa shape index (κ1) is 14.1. The van der Waals surface area contributed by atoms with Crippen LogP contribution in [0.2, 0.25) is 10.0 Å². The summed E-state index contributed by atoms with van der Waals surface area (Å²) in [7, 11) is -3.32. The molecule has 0 bridgehead atoms. The number of sulfonamides is 1. The zero-order valence-corrected chi connectivity index (χ0v) is 12.0. The van der Waals surface area contributed by atoms with Gasteiger partial charge in [-0.05, 0) is 24.1 Å². The quantitative estimate of drug-likeness (QED) is 0.927. The predicted octanol–water partition coefficient (Wildman–Crippen LogP) is 1.86. The van der Waals surface area contributed by atoms with Gasteiger partial charge in [-0.25, -0.2) is 12.7 Å². The summed E-state index contributed by atoms with van der Waals surface area (Å²) in [5.74, 6) is -0.0728. The minimum absolute atomic E-state index is 0.0615. The lowest BCUT2D eigenvalue weighted by Crippen LogP contribution is -2.32. The highest BCUT2D eigenvalue weighted by molar-refractivity contribution is 7.88. The van der Waals surface area contributed by atoms with E-state index in [2.05, 4.69) is 0 Å². The second-order valence-electron chi connectivity index (χ2n) is 4.41. The molecule has 2 N–H and O–H groups in total. The highest BCUT2D eigenvalue weighted by Crippen LogP contribution is 2.24. The molecule has 0 spiro atoms. The van der Waals surface area contributed by atoms with Crippen LogP contribution in [0.1, 0.15) is 12.0 Å². The summed E-state index contributed by atoms with van der Waals surface area (Å²) < 4.78 is 25.7. The van der Waals surface area contributed by atoms with Gasteiger partial charge in [-0.2, -0.15) is 0 Å². The van der Waals surface area contributed by atoms with Gasteiger partial charge >= 0.3 is 0 Å². The number of benzene rings is 1. The Morgan fingerprint density at radius 3 is 2.61 bits per heavy atom. The molecule has 100 valence electrons. The van der Waals surface area contributed by atoms with Crippen LogP contribution >= 0.6 is 23.2 Å². The average Bonchev–Trinajstić information content (AvgIpc) is 2.71. The molecule has 1 saturated heterocycles. The monoisotopic (exact) mass is 308 g/mol. The molecule has 1 fully saturated rings. The normalized spacial score (nSPS) is 21.4. The summed E-state index contributed by atoms with van der Waals surface area (Å²) in [6.45, 7) is 0.883. The third-order valence-corrected chi connectivity index (χ3v) is 5.47. The topological polar surface area (TPSA) is 63.4 Å². The van der Waals surface area contributed by atoms with E-state index in [1.807, 2.05) is 0 Å². The predicted molar refractivity (Wildman–Crippen MR) is 73.3 cm³/mol. The molecule has 7 heteroatoms. The van der Waals surface area contributed by atoms with E-state index >= 15 is 0 Å². The summed E-state index contributed by atoms with van der Waals surface area (Å²) >= 11 is 11.7. The van der Waals surface area contributed by atoms with E-state index in [0.717, 1.165) is 0 Å². The molecule has 1 aromatic carbocycles. The Balaban J connectivity index is 2.15. The summed E-state index contributed by atoms with van der Waals surface area (Å²) in [4.78, 5) is 0. The highest BCUT2D eigenvalue weighted by Gasteiger charge is 2.29. The summed E-state index contributed by atoms with van der Waals surface area (Å²) in [5.41, 5.74) is 6.34. The van der Waals surface area contributed by atoms with Gasteiger partial charge in [0.25, 0.3) is 0 Å². The summed E-state index contributed by atoms with van der Waals surface area (Å²) in [6, 6.07) is 4.79. The molecule has 2 rings (SSSR count). The van der Waals surface area contributed by atoms with Crippen molar-refractivity contribution in [2.75, 3.05) is 13.1 Å². The van der Waals surface area contributed by atoms with Crippen molar-refractivity contribution < 1.29 is 8.42 Å². The Kier molecular flexibility index (Phi) is 4.18. The van der Waals surface area contributed by atoms with E-state index < -0.39 is 10.0 Å².